The number of nitrogens with two attached hydrogens (primary N) is 1. The van der Waals surface area contributed by atoms with Crippen molar-refractivity contribution in [1.29, 1.82) is 0 Å². The Morgan fingerprint density at radius 3 is 2.81 bits per heavy atom. The smallest absolute Gasteiger partial charge is 0.0765 e. The van der Waals surface area contributed by atoms with E-state index in [9.17, 15) is 5.11 Å². The molecule has 3 heteroatoms. The summed E-state index contributed by atoms with van der Waals surface area (Å²) in [4.78, 5) is 2.22. The minimum absolute atomic E-state index is 0.134. The summed E-state index contributed by atoms with van der Waals surface area (Å²) in [5.41, 5.74) is 7.77. The zero-order valence-corrected chi connectivity index (χ0v) is 9.98. The molecule has 0 fully saturated rings. The molecule has 3 nitrogen and oxygen atoms in total. The summed E-state index contributed by atoms with van der Waals surface area (Å²) < 4.78 is 0. The lowest BCUT2D eigenvalue weighted by Gasteiger charge is -2.37. The second kappa shape index (κ2) is 4.07. The lowest BCUT2D eigenvalue weighted by Crippen LogP contribution is -2.42. The standard InChI is InChI=1S/C13H20N2O/c1-13(2,16)9-15-8-7-11(14)10-5-3-4-6-12(10)15/h3-6,11,16H,7-9,14H2,1-2H3. The van der Waals surface area contributed by atoms with Crippen LogP contribution in [-0.4, -0.2) is 23.8 Å². The topological polar surface area (TPSA) is 49.5 Å². The summed E-state index contributed by atoms with van der Waals surface area (Å²) in [6.07, 6.45) is 0.951. The van der Waals surface area contributed by atoms with Gasteiger partial charge in [-0.15, -0.1) is 0 Å². The molecule has 0 saturated heterocycles. The van der Waals surface area contributed by atoms with Gasteiger partial charge in [-0.1, -0.05) is 18.2 Å². The highest BCUT2D eigenvalue weighted by Gasteiger charge is 2.25. The van der Waals surface area contributed by atoms with Gasteiger partial charge in [-0.2, -0.15) is 0 Å². The zero-order chi connectivity index (χ0) is 11.8. The number of aliphatic hydroxyl groups is 1. The monoisotopic (exact) mass is 220 g/mol. The van der Waals surface area contributed by atoms with Gasteiger partial charge in [0.25, 0.3) is 0 Å². The Labute approximate surface area is 96.9 Å². The van der Waals surface area contributed by atoms with E-state index in [0.717, 1.165) is 13.0 Å². The Kier molecular flexibility index (Phi) is 2.91. The van der Waals surface area contributed by atoms with Crippen molar-refractivity contribution in [2.45, 2.75) is 31.9 Å². The molecular formula is C13H20N2O. The first-order valence-electron chi connectivity index (χ1n) is 5.79. The van der Waals surface area contributed by atoms with Crippen LogP contribution in [0.25, 0.3) is 0 Å². The van der Waals surface area contributed by atoms with Crippen molar-refractivity contribution in [3.8, 4) is 0 Å². The van der Waals surface area contributed by atoms with Crippen LogP contribution in [0.2, 0.25) is 0 Å². The number of para-hydroxylation sites is 1. The quantitative estimate of drug-likeness (QED) is 0.797. The van der Waals surface area contributed by atoms with E-state index in [1.807, 2.05) is 26.0 Å². The van der Waals surface area contributed by atoms with Crippen molar-refractivity contribution >= 4 is 5.69 Å². The van der Waals surface area contributed by atoms with Gasteiger partial charge in [0.15, 0.2) is 0 Å². The number of fused-ring (bicyclic) bond motifs is 1. The molecule has 0 spiro atoms. The van der Waals surface area contributed by atoms with E-state index in [1.54, 1.807) is 0 Å². The number of hydrogen-bond acceptors (Lipinski definition) is 3. The van der Waals surface area contributed by atoms with Crippen LogP contribution in [0.3, 0.4) is 0 Å². The fraction of sp³-hybridized carbons (Fsp3) is 0.538. The number of benzene rings is 1. The third-order valence-corrected chi connectivity index (χ3v) is 2.96. The van der Waals surface area contributed by atoms with Crippen molar-refractivity contribution < 1.29 is 5.11 Å². The van der Waals surface area contributed by atoms with E-state index in [-0.39, 0.29) is 6.04 Å². The summed E-state index contributed by atoms with van der Waals surface area (Å²) in [5.74, 6) is 0. The molecule has 0 amide bonds. The van der Waals surface area contributed by atoms with Gasteiger partial charge in [0, 0.05) is 24.8 Å². The number of nitrogens with zero attached hydrogens (tertiary/aromatic N) is 1. The first-order valence-corrected chi connectivity index (χ1v) is 5.79. The fourth-order valence-corrected chi connectivity index (χ4v) is 2.29. The summed E-state index contributed by atoms with van der Waals surface area (Å²) in [6.45, 7) is 5.24. The van der Waals surface area contributed by atoms with Gasteiger partial charge in [-0.05, 0) is 31.9 Å². The SMILES string of the molecule is CC(C)(O)CN1CCC(N)c2ccccc21. The molecular weight excluding hydrogens is 200 g/mol. The summed E-state index contributed by atoms with van der Waals surface area (Å²) >= 11 is 0. The average Bonchev–Trinajstić information content (AvgIpc) is 2.21. The van der Waals surface area contributed by atoms with Crippen LogP contribution in [0, 0.1) is 0 Å². The number of β-amino-alcohol motifs (C(OH)–C–C–N with tert-alkyl or cyclic N) is 1. The lowest BCUT2D eigenvalue weighted by atomic mass is 9.96. The molecule has 16 heavy (non-hydrogen) atoms. The maximum atomic E-state index is 9.89. The molecule has 1 heterocycles. The van der Waals surface area contributed by atoms with E-state index >= 15 is 0 Å². The Balaban J connectivity index is 2.28. The molecule has 0 aliphatic carbocycles. The maximum absolute atomic E-state index is 9.89. The van der Waals surface area contributed by atoms with Gasteiger partial charge in [0.2, 0.25) is 0 Å². The Bertz CT molecular complexity index is 370. The molecule has 1 atom stereocenters. The van der Waals surface area contributed by atoms with Crippen LogP contribution in [0.15, 0.2) is 24.3 Å². The summed E-state index contributed by atoms with van der Waals surface area (Å²) in [5, 5.41) is 9.89. The minimum atomic E-state index is -0.672. The Morgan fingerprint density at radius 2 is 2.12 bits per heavy atom. The number of hydrogen-bond donors (Lipinski definition) is 2. The zero-order valence-electron chi connectivity index (χ0n) is 9.98. The maximum Gasteiger partial charge on any atom is 0.0765 e. The van der Waals surface area contributed by atoms with Crippen LogP contribution >= 0.6 is 0 Å². The lowest BCUT2D eigenvalue weighted by molar-refractivity contribution is 0.0867. The van der Waals surface area contributed by atoms with E-state index in [2.05, 4.69) is 17.0 Å². The van der Waals surface area contributed by atoms with Crippen molar-refractivity contribution in [2.75, 3.05) is 18.0 Å². The second-order valence-corrected chi connectivity index (χ2v) is 5.19. The van der Waals surface area contributed by atoms with Gasteiger partial charge in [0.05, 0.1) is 5.60 Å². The third kappa shape index (κ3) is 2.36. The predicted octanol–water partition coefficient (Wildman–Crippen LogP) is 1.67. The molecule has 1 aromatic rings. The van der Waals surface area contributed by atoms with Crippen molar-refractivity contribution in [3.63, 3.8) is 0 Å². The molecule has 1 aromatic carbocycles. The Hall–Kier alpha value is -1.06. The highest BCUT2D eigenvalue weighted by atomic mass is 16.3. The van der Waals surface area contributed by atoms with Gasteiger partial charge >= 0.3 is 0 Å². The van der Waals surface area contributed by atoms with Gasteiger partial charge in [-0.3, -0.25) is 0 Å². The second-order valence-electron chi connectivity index (χ2n) is 5.19. The molecule has 0 aromatic heterocycles. The first-order chi connectivity index (χ1) is 7.47. The molecule has 2 rings (SSSR count). The van der Waals surface area contributed by atoms with Crippen LogP contribution < -0.4 is 10.6 Å². The van der Waals surface area contributed by atoms with Gasteiger partial charge < -0.3 is 15.7 Å². The molecule has 1 aliphatic heterocycles. The molecule has 3 N–H and O–H groups in total. The van der Waals surface area contributed by atoms with Crippen LogP contribution in [-0.2, 0) is 0 Å². The fourth-order valence-electron chi connectivity index (χ4n) is 2.29. The van der Waals surface area contributed by atoms with Crippen molar-refractivity contribution in [1.82, 2.24) is 0 Å². The molecule has 0 bridgehead atoms. The molecule has 0 radical (unpaired) electrons. The van der Waals surface area contributed by atoms with E-state index in [1.165, 1.54) is 11.3 Å². The van der Waals surface area contributed by atoms with Gasteiger partial charge in [-0.25, -0.2) is 0 Å². The minimum Gasteiger partial charge on any atom is -0.389 e. The average molecular weight is 220 g/mol. The normalized spacial score (nSPS) is 20.8. The van der Waals surface area contributed by atoms with E-state index in [0.29, 0.717) is 6.54 Å². The highest BCUT2D eigenvalue weighted by molar-refractivity contribution is 5.57. The molecule has 1 unspecified atom stereocenters. The molecule has 0 saturated carbocycles. The summed E-state index contributed by atoms with van der Waals surface area (Å²) in [7, 11) is 0. The molecule has 1 aliphatic rings. The van der Waals surface area contributed by atoms with Crippen LogP contribution in [0.4, 0.5) is 5.69 Å². The highest BCUT2D eigenvalue weighted by Crippen LogP contribution is 2.32. The van der Waals surface area contributed by atoms with Gasteiger partial charge in [0.1, 0.15) is 0 Å². The van der Waals surface area contributed by atoms with Crippen LogP contribution in [0.1, 0.15) is 31.9 Å². The summed E-state index contributed by atoms with van der Waals surface area (Å²) in [6, 6.07) is 8.34. The number of anilines is 1. The van der Waals surface area contributed by atoms with Crippen molar-refractivity contribution in [3.05, 3.63) is 29.8 Å². The third-order valence-electron chi connectivity index (χ3n) is 2.96. The van der Waals surface area contributed by atoms with E-state index < -0.39 is 5.60 Å². The first kappa shape index (κ1) is 11.4. The predicted molar refractivity (Wildman–Crippen MR) is 66.5 cm³/mol. The van der Waals surface area contributed by atoms with Crippen molar-refractivity contribution in [2.24, 2.45) is 5.73 Å². The largest absolute Gasteiger partial charge is 0.389 e. The Morgan fingerprint density at radius 1 is 1.44 bits per heavy atom. The molecule has 88 valence electrons. The van der Waals surface area contributed by atoms with Crippen LogP contribution in [0.5, 0.6) is 0 Å². The van der Waals surface area contributed by atoms with E-state index in [4.69, 9.17) is 5.73 Å². The number of rotatable bonds is 2.